The van der Waals surface area contributed by atoms with Crippen molar-refractivity contribution in [3.8, 4) is 0 Å². The molecule has 0 fully saturated rings. The van der Waals surface area contributed by atoms with Crippen molar-refractivity contribution in [1.29, 1.82) is 0 Å². The van der Waals surface area contributed by atoms with Crippen LogP contribution in [-0.4, -0.2) is 15.0 Å². The number of pyridine rings is 1. The second-order valence-corrected chi connectivity index (χ2v) is 3.06. The Kier molecular flexibility index (Phi) is 2.65. The van der Waals surface area contributed by atoms with E-state index >= 15 is 0 Å². The fourth-order valence-corrected chi connectivity index (χ4v) is 1.06. The van der Waals surface area contributed by atoms with Crippen LogP contribution in [0.1, 0.15) is 11.4 Å². The number of aliphatic hydroxyl groups is 1. The molecule has 1 unspecified atom stereocenters. The third-order valence-corrected chi connectivity index (χ3v) is 1.91. The number of hydrogen-bond acceptors (Lipinski definition) is 3. The third kappa shape index (κ3) is 2.05. The number of rotatable bonds is 2. The van der Waals surface area contributed by atoms with Gasteiger partial charge in [0.15, 0.2) is 0 Å². The first-order valence-corrected chi connectivity index (χ1v) is 4.23. The Morgan fingerprint density at radius 2 is 2.36 bits per heavy atom. The summed E-state index contributed by atoms with van der Waals surface area (Å²) in [5, 5.41) is 9.02. The molecular weight excluding hydrogens is 165 g/mol. The van der Waals surface area contributed by atoms with E-state index in [1.54, 1.807) is 12.1 Å². The van der Waals surface area contributed by atoms with E-state index in [9.17, 15) is 4.57 Å². The van der Waals surface area contributed by atoms with Crippen LogP contribution in [0.25, 0.3) is 0 Å². The van der Waals surface area contributed by atoms with Gasteiger partial charge < -0.3 is 5.11 Å². The quantitative estimate of drug-likeness (QED) is 0.647. The number of aliphatic hydroxyl groups excluding tert-OH is 1. The van der Waals surface area contributed by atoms with Gasteiger partial charge in [0.1, 0.15) is 0 Å². The highest BCUT2D eigenvalue weighted by atomic mass is 31.1. The summed E-state index contributed by atoms with van der Waals surface area (Å²) in [4.78, 5) is 12.2. The molecule has 0 aliphatic rings. The minimum atomic E-state index is -2.57. The van der Waals surface area contributed by atoms with E-state index in [4.69, 9.17) is 10.00 Å². The van der Waals surface area contributed by atoms with Gasteiger partial charge in [-0.2, -0.15) is 4.89 Å². The van der Waals surface area contributed by atoms with Crippen LogP contribution in [0, 0.1) is 0 Å². The number of aromatic nitrogens is 1. The van der Waals surface area contributed by atoms with E-state index in [1.165, 1.54) is 12.4 Å². The van der Waals surface area contributed by atoms with Gasteiger partial charge in [0, 0.05) is 12.4 Å². The molecule has 5 heteroatoms. The molecule has 0 aromatic carbocycles. The monoisotopic (exact) mass is 172 g/mol. The first kappa shape index (κ1) is 8.27. The Morgan fingerprint density at radius 1 is 1.64 bits per heavy atom. The van der Waals surface area contributed by atoms with Gasteiger partial charge in [0.2, 0.25) is 0 Å². The van der Waals surface area contributed by atoms with Crippen molar-refractivity contribution in [3.05, 3.63) is 30.1 Å². The van der Waals surface area contributed by atoms with Crippen LogP contribution in [0.5, 0.6) is 0 Å². The van der Waals surface area contributed by atoms with Gasteiger partial charge in [-0.3, -0.25) is 4.98 Å². The van der Waals surface area contributed by atoms with Crippen molar-refractivity contribution < 1.29 is 14.6 Å². The molecule has 0 radical (unpaired) electrons. The molecule has 2 N–H and O–H groups in total. The van der Waals surface area contributed by atoms with Crippen LogP contribution < -0.4 is 0 Å². The lowest BCUT2D eigenvalue weighted by molar-refractivity contribution is 0.242. The Morgan fingerprint density at radius 3 is 2.82 bits per heavy atom. The molecule has 58 valence electrons. The molecule has 2 atom stereocenters. The molecule has 0 amide bonds. The Labute approximate surface area is 64.4 Å². The minimum Gasteiger partial charge on any atom is -0.345 e. The van der Waals surface area contributed by atoms with Gasteiger partial charge in [-0.15, -0.1) is 0 Å². The summed E-state index contributed by atoms with van der Waals surface area (Å²) in [6.45, 7) is 0. The van der Waals surface area contributed by atoms with Crippen LogP contribution in [0.2, 0.25) is 0 Å². The molecule has 11 heavy (non-hydrogen) atoms. The summed E-state index contributed by atoms with van der Waals surface area (Å²) in [7, 11) is -2.57. The Bertz CT molecular complexity index is 251. The highest BCUT2D eigenvalue weighted by molar-refractivity contribution is 7.38. The van der Waals surface area contributed by atoms with Crippen molar-refractivity contribution in [1.82, 2.24) is 4.98 Å². The number of hydrogen-bond donors (Lipinski definition) is 2. The predicted molar refractivity (Wildman–Crippen MR) is 39.0 cm³/mol. The van der Waals surface area contributed by atoms with Crippen molar-refractivity contribution in [2.24, 2.45) is 0 Å². The largest absolute Gasteiger partial charge is 0.542 e. The normalized spacial score (nSPS) is 14.2. The maximum absolute atomic E-state index is 10.4. The van der Waals surface area contributed by atoms with Crippen molar-refractivity contribution in [3.63, 3.8) is 0 Å². The molecule has 0 aliphatic heterocycles. The first-order valence-electron chi connectivity index (χ1n) is 2.95. The van der Waals surface area contributed by atoms with E-state index in [0.29, 0.717) is 5.56 Å². The molecule has 0 aliphatic carbocycles. The summed E-state index contributed by atoms with van der Waals surface area (Å²) < 4.78 is 10.4. The molecule has 1 aromatic heterocycles. The fourth-order valence-electron chi connectivity index (χ4n) is 0.656. The van der Waals surface area contributed by atoms with Crippen molar-refractivity contribution in [2.75, 3.05) is 0 Å². The predicted octanol–water partition coefficient (Wildman–Crippen LogP) is 0.807. The molecule has 0 bridgehead atoms. The molecular formula is C6H7NO3P+. The van der Waals surface area contributed by atoms with Gasteiger partial charge in [-0.05, 0) is 16.7 Å². The van der Waals surface area contributed by atoms with Crippen LogP contribution in [-0.2, 0) is 4.57 Å². The number of nitrogens with zero attached hydrogens (tertiary/aromatic N) is 1. The second-order valence-electron chi connectivity index (χ2n) is 1.96. The van der Waals surface area contributed by atoms with E-state index < -0.39 is 13.9 Å². The molecule has 0 saturated heterocycles. The van der Waals surface area contributed by atoms with Gasteiger partial charge in [-0.1, -0.05) is 0 Å². The van der Waals surface area contributed by atoms with Crippen molar-refractivity contribution in [2.45, 2.75) is 5.85 Å². The maximum Gasteiger partial charge on any atom is 0.542 e. The molecule has 4 nitrogen and oxygen atoms in total. The summed E-state index contributed by atoms with van der Waals surface area (Å²) in [5.74, 6) is -1.32. The molecule has 1 heterocycles. The fraction of sp³-hybridized carbons (Fsp3) is 0.167. The smallest absolute Gasteiger partial charge is 0.345 e. The van der Waals surface area contributed by atoms with Gasteiger partial charge in [-0.25, -0.2) is 0 Å². The highest BCUT2D eigenvalue weighted by Crippen LogP contribution is 2.33. The standard InChI is InChI=1S/C6H6NO3P/c8-6(11(9)10)5-2-1-3-7-4-5/h1-4,6,8H/p+1/t6-/m0/s1. The topological polar surface area (TPSA) is 70.4 Å². The lowest BCUT2D eigenvalue weighted by Gasteiger charge is -1.94. The van der Waals surface area contributed by atoms with Gasteiger partial charge in [0.05, 0.1) is 5.56 Å². The first-order chi connectivity index (χ1) is 5.22. The Balaban J connectivity index is 2.85. The molecule has 1 aromatic rings. The zero-order valence-electron chi connectivity index (χ0n) is 5.58. The van der Waals surface area contributed by atoms with Gasteiger partial charge >= 0.3 is 13.9 Å². The molecule has 0 saturated carbocycles. The molecule has 1 rings (SSSR count). The SMILES string of the molecule is O=[P+](O)[C@H](O)c1cccnc1. The van der Waals surface area contributed by atoms with E-state index in [2.05, 4.69) is 4.98 Å². The summed E-state index contributed by atoms with van der Waals surface area (Å²) in [6, 6.07) is 3.14. The van der Waals surface area contributed by atoms with Crippen molar-refractivity contribution >= 4 is 8.03 Å². The van der Waals surface area contributed by atoms with Crippen LogP contribution in [0.15, 0.2) is 24.5 Å². The van der Waals surface area contributed by atoms with E-state index in [-0.39, 0.29) is 0 Å². The van der Waals surface area contributed by atoms with Crippen LogP contribution in [0.3, 0.4) is 0 Å². The molecule has 0 spiro atoms. The summed E-state index contributed by atoms with van der Waals surface area (Å²) in [5.41, 5.74) is 0.358. The Hall–Kier alpha value is -0.830. The zero-order chi connectivity index (χ0) is 8.27. The average molecular weight is 172 g/mol. The lowest BCUT2D eigenvalue weighted by atomic mass is 10.3. The van der Waals surface area contributed by atoms with Crippen LogP contribution >= 0.6 is 8.03 Å². The lowest BCUT2D eigenvalue weighted by Crippen LogP contribution is -1.91. The minimum absolute atomic E-state index is 0.358. The average Bonchev–Trinajstić information content (AvgIpc) is 2.05. The van der Waals surface area contributed by atoms with E-state index in [1.807, 2.05) is 0 Å². The summed E-state index contributed by atoms with van der Waals surface area (Å²) >= 11 is 0. The second kappa shape index (κ2) is 3.53. The van der Waals surface area contributed by atoms with Gasteiger partial charge in [0.25, 0.3) is 0 Å². The maximum atomic E-state index is 10.4. The summed E-state index contributed by atoms with van der Waals surface area (Å²) in [6.07, 6.45) is 2.88. The third-order valence-electron chi connectivity index (χ3n) is 1.19. The van der Waals surface area contributed by atoms with E-state index in [0.717, 1.165) is 0 Å². The van der Waals surface area contributed by atoms with Crippen LogP contribution in [0.4, 0.5) is 0 Å². The zero-order valence-corrected chi connectivity index (χ0v) is 6.48. The highest BCUT2D eigenvalue weighted by Gasteiger charge is 2.27.